The predicted octanol–water partition coefficient (Wildman–Crippen LogP) is 7.14. The van der Waals surface area contributed by atoms with Crippen LogP contribution >= 0.6 is 46.3 Å². The number of Topliss-reactive ketones (excluding diaryl/α,β-unsaturated/α-hetero) is 1. The highest BCUT2D eigenvalue weighted by Gasteiger charge is 2.19. The molecule has 0 amide bonds. The van der Waals surface area contributed by atoms with Crippen molar-refractivity contribution in [1.82, 2.24) is 9.97 Å². The molecule has 0 aliphatic carbocycles. The molecule has 2 heterocycles. The number of alkyl halides is 2. The smallest absolute Gasteiger partial charge is 0.204 e. The molecule has 0 aliphatic rings. The van der Waals surface area contributed by atoms with Gasteiger partial charge in [-0.1, -0.05) is 32.9 Å². The normalized spacial score (nSPS) is 11.7. The maximum Gasteiger partial charge on any atom is 0.204 e. The zero-order valence-electron chi connectivity index (χ0n) is 20.6. The fraction of sp³-hybridized carbons (Fsp3) is 0.500. The van der Waals surface area contributed by atoms with E-state index in [9.17, 15) is 4.79 Å². The summed E-state index contributed by atoms with van der Waals surface area (Å²) in [4.78, 5) is 23.5. The van der Waals surface area contributed by atoms with E-state index in [0.29, 0.717) is 36.2 Å². The number of nitrogens with zero attached hydrogens (tertiary/aromatic N) is 3. The third-order valence-corrected chi connectivity index (χ3v) is 7.96. The highest BCUT2D eigenvalue weighted by molar-refractivity contribution is 8.00. The average molecular weight is 555 g/mol. The van der Waals surface area contributed by atoms with E-state index >= 15 is 0 Å². The van der Waals surface area contributed by atoms with Gasteiger partial charge in [0.05, 0.1) is 28.8 Å². The van der Waals surface area contributed by atoms with Crippen molar-refractivity contribution >= 4 is 57.8 Å². The molecule has 0 saturated heterocycles. The number of anilines is 1. The van der Waals surface area contributed by atoms with Gasteiger partial charge in [-0.2, -0.15) is 0 Å². The summed E-state index contributed by atoms with van der Waals surface area (Å²) in [5, 5.41) is 0.864. The van der Waals surface area contributed by atoms with Crippen LogP contribution in [0.3, 0.4) is 0 Å². The van der Waals surface area contributed by atoms with E-state index in [-0.39, 0.29) is 11.2 Å². The van der Waals surface area contributed by atoms with Gasteiger partial charge in [-0.25, -0.2) is 9.97 Å². The predicted molar refractivity (Wildman–Crippen MR) is 149 cm³/mol. The van der Waals surface area contributed by atoms with Crippen LogP contribution in [0.2, 0.25) is 0 Å². The van der Waals surface area contributed by atoms with Crippen LogP contribution in [0.1, 0.15) is 55.8 Å². The number of aromatic nitrogens is 2. The van der Waals surface area contributed by atoms with Crippen molar-refractivity contribution in [3.8, 4) is 0 Å². The number of carbonyl (C=O) groups excluding carboxylic acids is 1. The number of aryl methyl sites for hydroxylation is 1. The average Bonchev–Trinajstić information content (AvgIpc) is 3.47. The maximum atomic E-state index is 12.5. The number of halogens is 2. The summed E-state index contributed by atoms with van der Waals surface area (Å²) in [6.07, 6.45) is 6.30. The van der Waals surface area contributed by atoms with Gasteiger partial charge in [-0.3, -0.25) is 4.79 Å². The number of hydrogen-bond donors (Lipinski definition) is 0. The summed E-state index contributed by atoms with van der Waals surface area (Å²) in [6, 6.07) is 8.45. The van der Waals surface area contributed by atoms with Gasteiger partial charge in [0.25, 0.3) is 0 Å². The van der Waals surface area contributed by atoms with Crippen molar-refractivity contribution in [3.63, 3.8) is 0 Å². The first-order valence-corrected chi connectivity index (χ1v) is 14.7. The molecule has 0 atom stereocenters. The quantitative estimate of drug-likeness (QED) is 0.156. The second-order valence-corrected chi connectivity index (χ2v) is 12.5. The molecular weight excluding hydrogens is 521 g/mol. The summed E-state index contributed by atoms with van der Waals surface area (Å²) in [6.45, 7) is 7.87. The van der Waals surface area contributed by atoms with Gasteiger partial charge in [-0.15, -0.1) is 46.3 Å². The van der Waals surface area contributed by atoms with Gasteiger partial charge in [0.1, 0.15) is 16.6 Å². The minimum atomic E-state index is -0.0485. The standard InChI is InChI=1S/C26H33Cl2N3O2S2/c1-26(2,3)22-16-29-23(33-22)18-34-25-17-30-24(35-25)15-21(32)6-4-5-19-7-9-20(10-8-19)31(13-11-27)14-12-28/h7-10,16-17H,4-6,11-15,18H2,1-3H3. The maximum absolute atomic E-state index is 12.5. The fourth-order valence-corrected chi connectivity index (χ4v) is 5.80. The molecule has 0 radical (unpaired) electrons. The van der Waals surface area contributed by atoms with Crippen LogP contribution in [0.25, 0.3) is 0 Å². The van der Waals surface area contributed by atoms with Crippen molar-refractivity contribution in [2.24, 2.45) is 0 Å². The number of hydrogen-bond acceptors (Lipinski definition) is 7. The zero-order chi connectivity index (χ0) is 25.3. The number of thiazole rings is 1. The lowest BCUT2D eigenvalue weighted by molar-refractivity contribution is -0.118. The Bertz CT molecular complexity index is 1060. The lowest BCUT2D eigenvalue weighted by Gasteiger charge is -2.23. The first kappa shape index (κ1) is 28.0. The number of benzene rings is 1. The Morgan fingerprint density at radius 2 is 1.80 bits per heavy atom. The highest BCUT2D eigenvalue weighted by atomic mass is 35.5. The molecule has 190 valence electrons. The Labute approximate surface area is 226 Å². The van der Waals surface area contributed by atoms with Crippen LogP contribution in [-0.2, 0) is 28.8 Å². The molecule has 2 aromatic heterocycles. The Hall–Kier alpha value is -1.54. The van der Waals surface area contributed by atoms with Gasteiger partial charge in [0.15, 0.2) is 0 Å². The third-order valence-electron chi connectivity index (χ3n) is 5.44. The topological polar surface area (TPSA) is 59.2 Å². The van der Waals surface area contributed by atoms with Crippen LogP contribution in [0.5, 0.6) is 0 Å². The molecule has 0 aliphatic heterocycles. The van der Waals surface area contributed by atoms with E-state index < -0.39 is 0 Å². The molecular formula is C26H33Cl2N3O2S2. The van der Waals surface area contributed by atoms with Crippen molar-refractivity contribution < 1.29 is 9.21 Å². The van der Waals surface area contributed by atoms with E-state index in [4.69, 9.17) is 27.6 Å². The molecule has 9 heteroatoms. The van der Waals surface area contributed by atoms with Crippen LogP contribution in [0, 0.1) is 0 Å². The molecule has 5 nitrogen and oxygen atoms in total. The third kappa shape index (κ3) is 9.12. The number of ketones is 1. The van der Waals surface area contributed by atoms with Gasteiger partial charge >= 0.3 is 0 Å². The monoisotopic (exact) mass is 553 g/mol. The lowest BCUT2D eigenvalue weighted by Crippen LogP contribution is -2.27. The van der Waals surface area contributed by atoms with Gasteiger partial charge < -0.3 is 9.32 Å². The summed E-state index contributed by atoms with van der Waals surface area (Å²) in [5.41, 5.74) is 2.31. The number of carbonyl (C=O) groups is 1. The zero-order valence-corrected chi connectivity index (χ0v) is 23.7. The van der Waals surface area contributed by atoms with Crippen LogP contribution in [-0.4, -0.2) is 40.6 Å². The molecule has 3 aromatic rings. The van der Waals surface area contributed by atoms with Crippen molar-refractivity contribution in [1.29, 1.82) is 0 Å². The number of thioether (sulfide) groups is 1. The summed E-state index contributed by atoms with van der Waals surface area (Å²) in [7, 11) is 0. The summed E-state index contributed by atoms with van der Waals surface area (Å²) >= 11 is 15.0. The van der Waals surface area contributed by atoms with Gasteiger partial charge in [0.2, 0.25) is 5.89 Å². The largest absolute Gasteiger partial charge is 0.444 e. The molecule has 0 saturated carbocycles. The molecule has 3 rings (SSSR count). The minimum absolute atomic E-state index is 0.0485. The summed E-state index contributed by atoms with van der Waals surface area (Å²) in [5.74, 6) is 3.62. The van der Waals surface area contributed by atoms with E-state index in [2.05, 4.69) is 59.9 Å². The van der Waals surface area contributed by atoms with E-state index in [0.717, 1.165) is 46.6 Å². The molecule has 0 unspecified atom stereocenters. The number of rotatable bonds is 14. The van der Waals surface area contributed by atoms with E-state index in [1.165, 1.54) is 5.56 Å². The Balaban J connectivity index is 1.40. The molecule has 0 N–H and O–H groups in total. The molecule has 0 fully saturated rings. The SMILES string of the molecule is CC(C)(C)c1cnc(CSc2cnc(CC(=O)CCCc3ccc(N(CCCl)CCCl)cc3)s2)o1. The van der Waals surface area contributed by atoms with Gasteiger partial charge in [-0.05, 0) is 30.5 Å². The Morgan fingerprint density at radius 1 is 1.09 bits per heavy atom. The second kappa shape index (κ2) is 13.7. The minimum Gasteiger partial charge on any atom is -0.444 e. The molecule has 35 heavy (non-hydrogen) atoms. The molecule has 1 aromatic carbocycles. The fourth-order valence-electron chi connectivity index (χ4n) is 3.49. The van der Waals surface area contributed by atoms with E-state index in [1.54, 1.807) is 29.3 Å². The first-order chi connectivity index (χ1) is 16.8. The van der Waals surface area contributed by atoms with E-state index in [1.807, 2.05) is 6.20 Å². The summed E-state index contributed by atoms with van der Waals surface area (Å²) < 4.78 is 6.92. The van der Waals surface area contributed by atoms with Crippen molar-refractivity contribution in [2.75, 3.05) is 29.7 Å². The lowest BCUT2D eigenvalue weighted by atomic mass is 9.94. The number of oxazole rings is 1. The second-order valence-electron chi connectivity index (χ2n) is 9.33. The van der Waals surface area contributed by atoms with Crippen molar-refractivity contribution in [3.05, 3.63) is 58.9 Å². The van der Waals surface area contributed by atoms with Gasteiger partial charge in [0, 0.05) is 42.4 Å². The Morgan fingerprint density at radius 3 is 2.43 bits per heavy atom. The van der Waals surface area contributed by atoms with Crippen LogP contribution in [0.15, 0.2) is 45.3 Å². The first-order valence-electron chi connectivity index (χ1n) is 11.8. The highest BCUT2D eigenvalue weighted by Crippen LogP contribution is 2.30. The van der Waals surface area contributed by atoms with Crippen LogP contribution in [0.4, 0.5) is 5.69 Å². The van der Waals surface area contributed by atoms with Crippen LogP contribution < -0.4 is 4.90 Å². The molecule has 0 bridgehead atoms. The van der Waals surface area contributed by atoms with Crippen molar-refractivity contribution in [2.45, 2.75) is 61.8 Å². The molecule has 0 spiro atoms. The Kier molecular flexibility index (Phi) is 11.0.